The van der Waals surface area contributed by atoms with Crippen LogP contribution in [-0.4, -0.2) is 52.7 Å². The van der Waals surface area contributed by atoms with Crippen molar-refractivity contribution in [1.82, 2.24) is 5.32 Å². The third-order valence-corrected chi connectivity index (χ3v) is 6.45. The first-order valence-corrected chi connectivity index (χ1v) is 11.7. The second-order valence-electron chi connectivity index (χ2n) is 5.82. The highest BCUT2D eigenvalue weighted by atomic mass is 32.2. The van der Waals surface area contributed by atoms with Gasteiger partial charge < -0.3 is 14.2 Å². The Morgan fingerprint density at radius 1 is 1.07 bits per heavy atom. The van der Waals surface area contributed by atoms with Crippen molar-refractivity contribution in [2.75, 3.05) is 24.0 Å². The fourth-order valence-corrected chi connectivity index (χ4v) is 3.88. The Morgan fingerprint density at radius 2 is 1.68 bits per heavy atom. The van der Waals surface area contributed by atoms with Crippen molar-refractivity contribution < 1.29 is 35.3 Å². The minimum absolute atomic E-state index is 0.0227. The zero-order valence-electron chi connectivity index (χ0n) is 15.6. The normalized spacial score (nSPS) is 11.5. The summed E-state index contributed by atoms with van der Waals surface area (Å²) in [5.41, 5.74) is 0.398. The van der Waals surface area contributed by atoms with Crippen molar-refractivity contribution in [1.29, 1.82) is 0 Å². The first-order valence-electron chi connectivity index (χ1n) is 8.29. The molecule has 0 atom stereocenters. The lowest BCUT2D eigenvalue weighted by Gasteiger charge is -2.09. The smallest absolute Gasteiger partial charge is 0.339 e. The molecule has 0 spiro atoms. The predicted octanol–water partition coefficient (Wildman–Crippen LogP) is 1.03. The van der Waals surface area contributed by atoms with Crippen LogP contribution in [0.1, 0.15) is 30.6 Å². The molecule has 0 bridgehead atoms. The molecule has 0 saturated heterocycles. The molecule has 1 aromatic rings. The van der Waals surface area contributed by atoms with E-state index >= 15 is 0 Å². The maximum absolute atomic E-state index is 11.9. The lowest BCUT2D eigenvalue weighted by atomic mass is 10.2. The molecule has 0 radical (unpaired) electrons. The predicted molar refractivity (Wildman–Crippen MR) is 103 cm³/mol. The number of hydrogen-bond donors (Lipinski definition) is 1. The van der Waals surface area contributed by atoms with Gasteiger partial charge >= 0.3 is 16.1 Å². The Balaban J connectivity index is 2.56. The summed E-state index contributed by atoms with van der Waals surface area (Å²) in [6, 6.07) is 5.14. The van der Waals surface area contributed by atoms with Crippen LogP contribution in [0.4, 0.5) is 0 Å². The number of nitrogens with one attached hydrogen (secondary N) is 1. The van der Waals surface area contributed by atoms with E-state index in [9.17, 15) is 26.4 Å². The van der Waals surface area contributed by atoms with E-state index < -0.39 is 37.6 Å². The standard InChI is InChI=1S/C17H23NO8S2/c1-4-27(21,22)10-5-11-28(23,24)26-15-8-6-14(7-9-15)17(20)25-12-18-16(19)13(2)3/h6-9H,2,4-5,10-12H2,1,3H3,(H,18,19). The van der Waals surface area contributed by atoms with E-state index in [-0.39, 0.29) is 41.5 Å². The van der Waals surface area contributed by atoms with Gasteiger partial charge in [-0.15, -0.1) is 0 Å². The van der Waals surface area contributed by atoms with Crippen LogP contribution in [0.5, 0.6) is 5.75 Å². The van der Waals surface area contributed by atoms with Crippen molar-refractivity contribution >= 4 is 31.8 Å². The number of ether oxygens (including phenoxy) is 1. The van der Waals surface area contributed by atoms with Crippen LogP contribution in [0.2, 0.25) is 0 Å². The Bertz CT molecular complexity index is 918. The van der Waals surface area contributed by atoms with E-state index in [1.165, 1.54) is 38.1 Å². The molecule has 1 N–H and O–H groups in total. The molecule has 0 aliphatic heterocycles. The fraction of sp³-hybridized carbons (Fsp3) is 0.412. The molecular weight excluding hydrogens is 410 g/mol. The van der Waals surface area contributed by atoms with Crippen LogP contribution in [-0.2, 0) is 29.5 Å². The SMILES string of the molecule is C=C(C)C(=O)NCOC(=O)c1ccc(OS(=O)(=O)CCCS(=O)(=O)CC)cc1. The van der Waals surface area contributed by atoms with Gasteiger partial charge in [0.1, 0.15) is 15.6 Å². The Hall–Kier alpha value is -2.40. The molecule has 9 nitrogen and oxygen atoms in total. The quantitative estimate of drug-likeness (QED) is 0.237. The summed E-state index contributed by atoms with van der Waals surface area (Å²) in [6.07, 6.45) is -0.0706. The van der Waals surface area contributed by atoms with Crippen LogP contribution < -0.4 is 9.50 Å². The van der Waals surface area contributed by atoms with Gasteiger partial charge in [-0.3, -0.25) is 4.79 Å². The highest BCUT2D eigenvalue weighted by Gasteiger charge is 2.16. The topological polar surface area (TPSA) is 133 Å². The first kappa shape index (κ1) is 23.6. The van der Waals surface area contributed by atoms with E-state index in [1.807, 2.05) is 0 Å². The average molecular weight is 434 g/mol. The van der Waals surface area contributed by atoms with Crippen molar-refractivity contribution in [2.24, 2.45) is 0 Å². The van der Waals surface area contributed by atoms with E-state index in [0.717, 1.165) is 0 Å². The van der Waals surface area contributed by atoms with Gasteiger partial charge in [-0.25, -0.2) is 13.2 Å². The second-order valence-corrected chi connectivity index (χ2v) is 9.98. The van der Waals surface area contributed by atoms with Gasteiger partial charge in [-0.2, -0.15) is 8.42 Å². The number of amides is 1. The third-order valence-electron chi connectivity index (χ3n) is 3.43. The second kappa shape index (κ2) is 10.2. The van der Waals surface area contributed by atoms with Crippen LogP contribution in [0.25, 0.3) is 0 Å². The van der Waals surface area contributed by atoms with E-state index in [4.69, 9.17) is 8.92 Å². The summed E-state index contributed by atoms with van der Waals surface area (Å²) >= 11 is 0. The van der Waals surface area contributed by atoms with E-state index in [0.29, 0.717) is 0 Å². The molecule has 0 heterocycles. The summed E-state index contributed by atoms with van der Waals surface area (Å²) < 4.78 is 56.3. The largest absolute Gasteiger partial charge is 0.441 e. The Morgan fingerprint density at radius 3 is 2.21 bits per heavy atom. The molecule has 28 heavy (non-hydrogen) atoms. The summed E-state index contributed by atoms with van der Waals surface area (Å²) in [5.74, 6) is -1.93. The van der Waals surface area contributed by atoms with Crippen molar-refractivity contribution in [3.05, 3.63) is 42.0 Å². The molecule has 1 rings (SSSR count). The van der Waals surface area contributed by atoms with Gasteiger partial charge in [-0.05, 0) is 37.6 Å². The van der Waals surface area contributed by atoms with Crippen LogP contribution in [0.15, 0.2) is 36.4 Å². The zero-order valence-corrected chi connectivity index (χ0v) is 17.3. The minimum atomic E-state index is -3.97. The molecule has 0 saturated carbocycles. The summed E-state index contributed by atoms with van der Waals surface area (Å²) in [4.78, 5) is 23.1. The Labute approximate surface area is 164 Å². The monoisotopic (exact) mass is 433 g/mol. The number of benzene rings is 1. The minimum Gasteiger partial charge on any atom is -0.441 e. The van der Waals surface area contributed by atoms with Crippen molar-refractivity contribution in [3.8, 4) is 5.75 Å². The molecule has 0 aromatic heterocycles. The number of carbonyl (C=O) groups excluding carboxylic acids is 2. The molecule has 0 aliphatic carbocycles. The first-order chi connectivity index (χ1) is 13.0. The third kappa shape index (κ3) is 8.53. The number of carbonyl (C=O) groups is 2. The van der Waals surface area contributed by atoms with Crippen molar-refractivity contribution in [2.45, 2.75) is 20.3 Å². The number of esters is 1. The highest BCUT2D eigenvalue weighted by molar-refractivity contribution is 7.91. The fourth-order valence-electron chi connectivity index (χ4n) is 1.84. The molecule has 0 aliphatic rings. The van der Waals surface area contributed by atoms with Gasteiger partial charge in [0.05, 0.1) is 17.1 Å². The van der Waals surface area contributed by atoms with Gasteiger partial charge in [0.25, 0.3) is 0 Å². The molecule has 1 amide bonds. The van der Waals surface area contributed by atoms with E-state index in [1.54, 1.807) is 0 Å². The van der Waals surface area contributed by atoms with Gasteiger partial charge in [-0.1, -0.05) is 13.5 Å². The summed E-state index contributed by atoms with van der Waals surface area (Å²) in [7, 11) is -7.22. The lowest BCUT2D eigenvalue weighted by Crippen LogP contribution is -2.27. The van der Waals surface area contributed by atoms with Crippen LogP contribution in [0.3, 0.4) is 0 Å². The maximum Gasteiger partial charge on any atom is 0.339 e. The lowest BCUT2D eigenvalue weighted by molar-refractivity contribution is -0.118. The zero-order chi connectivity index (χ0) is 21.4. The van der Waals surface area contributed by atoms with Crippen LogP contribution in [0, 0.1) is 0 Å². The molecule has 1 aromatic carbocycles. The molecule has 0 unspecified atom stereocenters. The molecule has 156 valence electrons. The molecule has 11 heteroatoms. The number of rotatable bonds is 11. The van der Waals surface area contributed by atoms with Crippen molar-refractivity contribution in [3.63, 3.8) is 0 Å². The van der Waals surface area contributed by atoms with Crippen LogP contribution >= 0.6 is 0 Å². The Kier molecular flexibility index (Phi) is 8.64. The molecular formula is C17H23NO8S2. The number of sulfone groups is 1. The van der Waals surface area contributed by atoms with Gasteiger partial charge in [0.15, 0.2) is 6.73 Å². The highest BCUT2D eigenvalue weighted by Crippen LogP contribution is 2.16. The molecule has 0 fully saturated rings. The van der Waals surface area contributed by atoms with Gasteiger partial charge in [0, 0.05) is 11.3 Å². The summed E-state index contributed by atoms with van der Waals surface area (Å²) in [5, 5.41) is 2.33. The average Bonchev–Trinajstić information content (AvgIpc) is 2.61. The maximum atomic E-state index is 11.9. The number of hydrogen-bond acceptors (Lipinski definition) is 8. The van der Waals surface area contributed by atoms with Gasteiger partial charge in [0.2, 0.25) is 5.91 Å². The summed E-state index contributed by atoms with van der Waals surface area (Å²) in [6.45, 7) is 6.10. The van der Waals surface area contributed by atoms with E-state index in [2.05, 4.69) is 11.9 Å².